The lowest BCUT2D eigenvalue weighted by atomic mass is 9.87. The van der Waals surface area contributed by atoms with Gasteiger partial charge in [-0.3, -0.25) is 0 Å². The summed E-state index contributed by atoms with van der Waals surface area (Å²) in [7, 11) is 0. The Kier molecular flexibility index (Phi) is 1.84. The second-order valence-electron chi connectivity index (χ2n) is 4.42. The average Bonchev–Trinajstić information content (AvgIpc) is 2.75. The molecule has 0 radical (unpaired) electrons. The Morgan fingerprint density at radius 1 is 1.33 bits per heavy atom. The van der Waals surface area contributed by atoms with Crippen molar-refractivity contribution in [3.8, 4) is 0 Å². The molecule has 0 N–H and O–H groups in total. The monoisotopic (exact) mass is 201 g/mol. The van der Waals surface area contributed by atoms with E-state index in [2.05, 4.69) is 30.3 Å². The van der Waals surface area contributed by atoms with Gasteiger partial charge in [0.1, 0.15) is 11.6 Å². The molecule has 0 spiro atoms. The van der Waals surface area contributed by atoms with E-state index in [1.54, 1.807) is 0 Å². The van der Waals surface area contributed by atoms with E-state index in [-0.39, 0.29) is 11.6 Å². The second kappa shape index (κ2) is 3.09. The van der Waals surface area contributed by atoms with Crippen LogP contribution in [-0.4, -0.2) is 12.0 Å². The lowest BCUT2D eigenvalue weighted by molar-refractivity contribution is 0.161. The van der Waals surface area contributed by atoms with Crippen molar-refractivity contribution >= 4 is 5.90 Å². The summed E-state index contributed by atoms with van der Waals surface area (Å²) in [5.41, 5.74) is 1.25. The summed E-state index contributed by atoms with van der Waals surface area (Å²) in [5.74, 6) is 0.851. The van der Waals surface area contributed by atoms with Crippen molar-refractivity contribution in [2.45, 2.75) is 37.8 Å². The lowest BCUT2D eigenvalue weighted by Gasteiger charge is -2.25. The molecule has 78 valence electrons. The van der Waals surface area contributed by atoms with Crippen molar-refractivity contribution in [1.82, 2.24) is 0 Å². The van der Waals surface area contributed by atoms with E-state index in [0.29, 0.717) is 0 Å². The molecule has 1 saturated carbocycles. The van der Waals surface area contributed by atoms with E-state index in [9.17, 15) is 0 Å². The van der Waals surface area contributed by atoms with Crippen LogP contribution in [0.15, 0.2) is 35.3 Å². The highest BCUT2D eigenvalue weighted by Crippen LogP contribution is 2.47. The molecule has 0 saturated heterocycles. The number of fused-ring (bicyclic) bond motifs is 1. The first-order chi connectivity index (χ1) is 7.31. The van der Waals surface area contributed by atoms with Gasteiger partial charge in [0.15, 0.2) is 5.90 Å². The second-order valence-corrected chi connectivity index (χ2v) is 4.42. The van der Waals surface area contributed by atoms with Crippen LogP contribution in [0.5, 0.6) is 0 Å². The van der Waals surface area contributed by atoms with Gasteiger partial charge in [0.25, 0.3) is 0 Å². The topological polar surface area (TPSA) is 21.6 Å². The number of hydrogen-bond acceptors (Lipinski definition) is 2. The molecular formula is C13H15NO. The highest BCUT2D eigenvalue weighted by atomic mass is 16.5. The molecule has 0 amide bonds. The molecule has 1 fully saturated rings. The zero-order valence-corrected chi connectivity index (χ0v) is 8.94. The highest BCUT2D eigenvalue weighted by Gasteiger charge is 2.49. The van der Waals surface area contributed by atoms with Gasteiger partial charge >= 0.3 is 0 Å². The third-order valence-corrected chi connectivity index (χ3v) is 3.50. The normalized spacial score (nSPS) is 33.4. The summed E-state index contributed by atoms with van der Waals surface area (Å²) < 4.78 is 5.79. The minimum absolute atomic E-state index is 0.0641. The van der Waals surface area contributed by atoms with Gasteiger partial charge in [-0.2, -0.15) is 0 Å². The number of nitrogens with zero attached hydrogens (tertiary/aromatic N) is 1. The summed E-state index contributed by atoms with van der Waals surface area (Å²) in [5, 5.41) is 0. The van der Waals surface area contributed by atoms with Crippen LogP contribution in [0.25, 0.3) is 0 Å². The predicted octanol–water partition coefficient (Wildman–Crippen LogP) is 2.88. The molecule has 3 rings (SSSR count). The van der Waals surface area contributed by atoms with E-state index >= 15 is 0 Å². The van der Waals surface area contributed by atoms with Gasteiger partial charge < -0.3 is 4.74 Å². The summed E-state index contributed by atoms with van der Waals surface area (Å²) in [6, 6.07) is 10.6. The van der Waals surface area contributed by atoms with E-state index in [4.69, 9.17) is 9.73 Å². The predicted molar refractivity (Wildman–Crippen MR) is 60.0 cm³/mol. The Bertz CT molecular complexity index is 398. The van der Waals surface area contributed by atoms with E-state index < -0.39 is 0 Å². The van der Waals surface area contributed by atoms with Crippen LogP contribution in [-0.2, 0) is 10.3 Å². The Morgan fingerprint density at radius 3 is 2.93 bits per heavy atom. The Hall–Kier alpha value is -1.31. The molecule has 1 aromatic rings. The zero-order chi connectivity index (χ0) is 10.3. The molecule has 1 aromatic carbocycles. The number of rotatable bonds is 1. The van der Waals surface area contributed by atoms with E-state index in [1.165, 1.54) is 12.0 Å². The van der Waals surface area contributed by atoms with Gasteiger partial charge in [0.2, 0.25) is 0 Å². The largest absolute Gasteiger partial charge is 0.475 e. The van der Waals surface area contributed by atoms with Gasteiger partial charge in [-0.1, -0.05) is 30.3 Å². The molecule has 1 heterocycles. The number of ether oxygens (including phenoxy) is 1. The first-order valence-corrected chi connectivity index (χ1v) is 5.60. The summed E-state index contributed by atoms with van der Waals surface area (Å²) in [6.07, 6.45) is 3.75. The van der Waals surface area contributed by atoms with Crippen LogP contribution in [0, 0.1) is 0 Å². The molecule has 2 aliphatic rings. The van der Waals surface area contributed by atoms with E-state index in [1.807, 2.05) is 6.92 Å². The van der Waals surface area contributed by atoms with Crippen molar-refractivity contribution in [1.29, 1.82) is 0 Å². The third kappa shape index (κ3) is 1.21. The third-order valence-electron chi connectivity index (χ3n) is 3.50. The number of aliphatic imine (C=N–C) groups is 1. The number of hydrogen-bond donors (Lipinski definition) is 0. The van der Waals surface area contributed by atoms with E-state index in [0.717, 1.165) is 18.7 Å². The van der Waals surface area contributed by atoms with Crippen molar-refractivity contribution in [3.05, 3.63) is 35.9 Å². The lowest BCUT2D eigenvalue weighted by Crippen LogP contribution is -2.29. The van der Waals surface area contributed by atoms with Gasteiger partial charge in [-0.15, -0.1) is 0 Å². The number of benzene rings is 1. The first kappa shape index (κ1) is 8.96. The molecule has 0 aromatic heterocycles. The fraction of sp³-hybridized carbons (Fsp3) is 0.462. The van der Waals surface area contributed by atoms with Gasteiger partial charge in [0, 0.05) is 6.92 Å². The van der Waals surface area contributed by atoms with Crippen molar-refractivity contribution < 1.29 is 4.74 Å². The van der Waals surface area contributed by atoms with Crippen molar-refractivity contribution in [2.24, 2.45) is 4.99 Å². The van der Waals surface area contributed by atoms with Crippen LogP contribution in [0.1, 0.15) is 31.7 Å². The van der Waals surface area contributed by atoms with Crippen LogP contribution in [0.4, 0.5) is 0 Å². The first-order valence-electron chi connectivity index (χ1n) is 5.60. The Labute approximate surface area is 90.0 Å². The van der Waals surface area contributed by atoms with Crippen molar-refractivity contribution in [3.63, 3.8) is 0 Å². The zero-order valence-electron chi connectivity index (χ0n) is 8.94. The smallest absolute Gasteiger partial charge is 0.181 e. The fourth-order valence-corrected chi connectivity index (χ4v) is 2.88. The standard InChI is InChI=1S/C13H15NO/c1-10-14-13(9-5-8-12(13)15-10)11-6-3-2-4-7-11/h2-4,6-7,12H,5,8-9H2,1H3/t12-,13-/m0/s1. The molecule has 1 aliphatic heterocycles. The molecule has 0 unspecified atom stereocenters. The Balaban J connectivity index is 2.09. The molecule has 15 heavy (non-hydrogen) atoms. The Morgan fingerprint density at radius 2 is 2.13 bits per heavy atom. The maximum atomic E-state index is 5.79. The molecule has 2 heteroatoms. The average molecular weight is 201 g/mol. The van der Waals surface area contributed by atoms with Crippen molar-refractivity contribution in [2.75, 3.05) is 0 Å². The minimum atomic E-state index is -0.0641. The van der Waals surface area contributed by atoms with Gasteiger partial charge in [-0.05, 0) is 24.8 Å². The maximum absolute atomic E-state index is 5.79. The highest BCUT2D eigenvalue weighted by molar-refractivity contribution is 5.76. The molecular weight excluding hydrogens is 186 g/mol. The van der Waals surface area contributed by atoms with Gasteiger partial charge in [-0.25, -0.2) is 4.99 Å². The van der Waals surface area contributed by atoms with Gasteiger partial charge in [0.05, 0.1) is 0 Å². The van der Waals surface area contributed by atoms with Crippen LogP contribution in [0.2, 0.25) is 0 Å². The van der Waals surface area contributed by atoms with Crippen LogP contribution < -0.4 is 0 Å². The summed E-state index contributed by atoms with van der Waals surface area (Å²) in [4.78, 5) is 4.75. The molecule has 2 atom stereocenters. The SMILES string of the molecule is CC1=N[C@]2(c3ccccc3)CCC[C@@H]2O1. The molecule has 0 bridgehead atoms. The summed E-state index contributed by atoms with van der Waals surface area (Å²) in [6.45, 7) is 1.96. The van der Waals surface area contributed by atoms with Crippen LogP contribution in [0.3, 0.4) is 0 Å². The summed E-state index contributed by atoms with van der Waals surface area (Å²) >= 11 is 0. The quantitative estimate of drug-likeness (QED) is 0.684. The fourth-order valence-electron chi connectivity index (χ4n) is 2.88. The van der Waals surface area contributed by atoms with Crippen LogP contribution >= 0.6 is 0 Å². The molecule has 1 aliphatic carbocycles. The molecule has 2 nitrogen and oxygen atoms in total. The maximum Gasteiger partial charge on any atom is 0.181 e. The minimum Gasteiger partial charge on any atom is -0.475 e.